The zero-order chi connectivity index (χ0) is 21.8. The second-order valence-electron chi connectivity index (χ2n) is 6.75. The molecular formula is C21H17Cl2N5O2S. The first-order valence-electron chi connectivity index (χ1n) is 9.25. The van der Waals surface area contributed by atoms with Gasteiger partial charge in [0.15, 0.2) is 0 Å². The Kier molecular flexibility index (Phi) is 6.33. The average molecular weight is 474 g/mol. The van der Waals surface area contributed by atoms with Crippen LogP contribution >= 0.6 is 23.2 Å². The molecule has 3 aromatic carbocycles. The largest absolute Gasteiger partial charge is 0.243 e. The lowest BCUT2D eigenvalue weighted by atomic mass is 10.1. The lowest BCUT2D eigenvalue weighted by Crippen LogP contribution is -2.30. The Labute approximate surface area is 189 Å². The minimum Gasteiger partial charge on any atom is -0.207 e. The van der Waals surface area contributed by atoms with E-state index in [0.717, 1.165) is 11.1 Å². The molecule has 0 aliphatic rings. The molecule has 4 rings (SSSR count). The van der Waals surface area contributed by atoms with E-state index < -0.39 is 10.0 Å². The number of hydrogen-bond acceptors (Lipinski definition) is 5. The van der Waals surface area contributed by atoms with Crippen molar-refractivity contribution in [2.45, 2.75) is 18.0 Å². The van der Waals surface area contributed by atoms with Crippen LogP contribution in [0.25, 0.3) is 11.4 Å². The van der Waals surface area contributed by atoms with Crippen LogP contribution in [0.1, 0.15) is 11.1 Å². The van der Waals surface area contributed by atoms with Crippen molar-refractivity contribution in [3.05, 3.63) is 94.0 Å². The maximum absolute atomic E-state index is 13.4. The van der Waals surface area contributed by atoms with Crippen LogP contribution in [0.15, 0.2) is 77.7 Å². The van der Waals surface area contributed by atoms with Gasteiger partial charge in [-0.15, -0.1) is 10.2 Å². The normalized spacial score (nSPS) is 11.7. The van der Waals surface area contributed by atoms with Crippen molar-refractivity contribution in [3.8, 4) is 11.4 Å². The fourth-order valence-corrected chi connectivity index (χ4v) is 4.77. The van der Waals surface area contributed by atoms with Crippen LogP contribution in [-0.2, 0) is 23.1 Å². The molecule has 0 fully saturated rings. The highest BCUT2D eigenvalue weighted by Gasteiger charge is 2.25. The molecule has 0 unspecified atom stereocenters. The van der Waals surface area contributed by atoms with Gasteiger partial charge in [-0.2, -0.15) is 9.52 Å². The first-order valence-corrected chi connectivity index (χ1v) is 11.4. The monoisotopic (exact) mass is 473 g/mol. The van der Waals surface area contributed by atoms with Crippen molar-refractivity contribution < 1.29 is 8.42 Å². The van der Waals surface area contributed by atoms with Gasteiger partial charge in [0.1, 0.15) is 0 Å². The number of sulfonamides is 1. The Hall–Kier alpha value is -2.78. The van der Waals surface area contributed by atoms with Crippen LogP contribution in [-0.4, -0.2) is 33.3 Å². The Morgan fingerprint density at radius 3 is 2.23 bits per heavy atom. The van der Waals surface area contributed by atoms with Gasteiger partial charge in [-0.25, -0.2) is 8.42 Å². The van der Waals surface area contributed by atoms with E-state index in [4.69, 9.17) is 23.2 Å². The predicted molar refractivity (Wildman–Crippen MR) is 119 cm³/mol. The molecule has 0 aliphatic carbocycles. The molecule has 1 N–H and O–H groups in total. The fraction of sp³-hybridized carbons (Fsp3) is 0.0952. The minimum atomic E-state index is -3.81. The summed E-state index contributed by atoms with van der Waals surface area (Å²) in [6, 6.07) is 20.6. The molecular weight excluding hydrogens is 457 g/mol. The first kappa shape index (κ1) is 21.5. The number of rotatable bonds is 7. The van der Waals surface area contributed by atoms with E-state index in [1.807, 2.05) is 36.4 Å². The van der Waals surface area contributed by atoms with Gasteiger partial charge < -0.3 is 0 Å². The number of nitrogens with one attached hydrogen (secondary N) is 1. The number of hydrogen-bond donors (Lipinski definition) is 1. The van der Waals surface area contributed by atoms with Crippen LogP contribution in [0.2, 0.25) is 10.0 Å². The second kappa shape index (κ2) is 9.15. The molecule has 0 aliphatic heterocycles. The molecule has 1 aromatic heterocycles. The SMILES string of the molecule is O=S(=O)(c1ccc(Cl)cc1)N(Cc1ccc(-c2nn[nH]n2)cc1)Cc1ccccc1Cl. The van der Waals surface area contributed by atoms with E-state index in [2.05, 4.69) is 20.6 Å². The summed E-state index contributed by atoms with van der Waals surface area (Å²) in [7, 11) is -3.81. The summed E-state index contributed by atoms with van der Waals surface area (Å²) in [5.74, 6) is 0.466. The maximum atomic E-state index is 13.4. The predicted octanol–water partition coefficient (Wildman–Crippen LogP) is 4.56. The van der Waals surface area contributed by atoms with Crippen LogP contribution in [0.4, 0.5) is 0 Å². The minimum absolute atomic E-state index is 0.122. The highest BCUT2D eigenvalue weighted by molar-refractivity contribution is 7.89. The number of aromatic amines is 1. The van der Waals surface area contributed by atoms with Gasteiger partial charge in [0, 0.05) is 28.7 Å². The molecule has 0 amide bonds. The molecule has 0 saturated heterocycles. The third kappa shape index (κ3) is 4.94. The molecule has 0 bridgehead atoms. The molecule has 0 radical (unpaired) electrons. The summed E-state index contributed by atoms with van der Waals surface area (Å²) < 4.78 is 28.2. The Bertz CT molecular complexity index is 1260. The zero-order valence-corrected chi connectivity index (χ0v) is 18.4. The average Bonchev–Trinajstić information content (AvgIpc) is 3.30. The van der Waals surface area contributed by atoms with Gasteiger partial charge in [-0.1, -0.05) is 65.7 Å². The first-order chi connectivity index (χ1) is 14.9. The van der Waals surface area contributed by atoms with E-state index in [-0.39, 0.29) is 18.0 Å². The van der Waals surface area contributed by atoms with Crippen LogP contribution in [0, 0.1) is 0 Å². The van der Waals surface area contributed by atoms with E-state index in [0.29, 0.717) is 21.4 Å². The molecule has 0 spiro atoms. The molecule has 1 heterocycles. The van der Waals surface area contributed by atoms with Crippen molar-refractivity contribution in [2.24, 2.45) is 0 Å². The summed E-state index contributed by atoms with van der Waals surface area (Å²) in [5, 5.41) is 14.8. The molecule has 0 atom stereocenters. The standard InChI is InChI=1S/C21H17Cl2N5O2S/c22-18-9-11-19(12-10-18)31(29,30)28(14-17-3-1-2-4-20(17)23)13-15-5-7-16(8-6-15)21-24-26-27-25-21/h1-12H,13-14H2,(H,24,25,26,27). The number of benzene rings is 3. The van der Waals surface area contributed by atoms with Gasteiger partial charge in [0.25, 0.3) is 0 Å². The molecule has 7 nitrogen and oxygen atoms in total. The van der Waals surface area contributed by atoms with Crippen molar-refractivity contribution >= 4 is 33.2 Å². The number of H-pyrrole nitrogens is 1. The quantitative estimate of drug-likeness (QED) is 0.424. The highest BCUT2D eigenvalue weighted by Crippen LogP contribution is 2.26. The lowest BCUT2D eigenvalue weighted by Gasteiger charge is -2.23. The number of tetrazole rings is 1. The van der Waals surface area contributed by atoms with Crippen LogP contribution < -0.4 is 0 Å². The van der Waals surface area contributed by atoms with Gasteiger partial charge >= 0.3 is 0 Å². The van der Waals surface area contributed by atoms with Crippen molar-refractivity contribution in [3.63, 3.8) is 0 Å². The number of halogens is 2. The van der Waals surface area contributed by atoms with Crippen LogP contribution in [0.3, 0.4) is 0 Å². The molecule has 31 heavy (non-hydrogen) atoms. The summed E-state index contributed by atoms with van der Waals surface area (Å²) >= 11 is 12.2. The molecule has 158 valence electrons. The van der Waals surface area contributed by atoms with Crippen molar-refractivity contribution in [2.75, 3.05) is 0 Å². The van der Waals surface area contributed by atoms with E-state index in [9.17, 15) is 8.42 Å². The summed E-state index contributed by atoms with van der Waals surface area (Å²) in [6.45, 7) is 0.278. The Balaban J connectivity index is 1.66. The summed E-state index contributed by atoms with van der Waals surface area (Å²) in [5.41, 5.74) is 2.29. The maximum Gasteiger partial charge on any atom is 0.243 e. The third-order valence-corrected chi connectivity index (χ3v) is 7.10. The zero-order valence-electron chi connectivity index (χ0n) is 16.1. The Morgan fingerprint density at radius 1 is 0.871 bits per heavy atom. The van der Waals surface area contributed by atoms with Crippen LogP contribution in [0.5, 0.6) is 0 Å². The number of nitrogens with zero attached hydrogens (tertiary/aromatic N) is 4. The summed E-state index contributed by atoms with van der Waals surface area (Å²) in [6.07, 6.45) is 0. The highest BCUT2D eigenvalue weighted by atomic mass is 35.5. The third-order valence-electron chi connectivity index (χ3n) is 4.67. The van der Waals surface area contributed by atoms with E-state index >= 15 is 0 Å². The lowest BCUT2D eigenvalue weighted by molar-refractivity contribution is 0.401. The van der Waals surface area contributed by atoms with Crippen molar-refractivity contribution in [1.29, 1.82) is 0 Å². The molecule has 0 saturated carbocycles. The van der Waals surface area contributed by atoms with Gasteiger partial charge in [0.05, 0.1) is 4.90 Å². The fourth-order valence-electron chi connectivity index (χ4n) is 3.05. The molecule has 4 aromatic rings. The Morgan fingerprint density at radius 2 is 1.58 bits per heavy atom. The van der Waals surface area contributed by atoms with Gasteiger partial charge in [0.2, 0.25) is 15.8 Å². The second-order valence-corrected chi connectivity index (χ2v) is 9.53. The topological polar surface area (TPSA) is 91.8 Å². The van der Waals surface area contributed by atoms with E-state index in [1.165, 1.54) is 16.4 Å². The van der Waals surface area contributed by atoms with E-state index in [1.54, 1.807) is 24.3 Å². The number of aromatic nitrogens is 4. The van der Waals surface area contributed by atoms with Gasteiger partial charge in [-0.05, 0) is 46.7 Å². The van der Waals surface area contributed by atoms with Gasteiger partial charge in [-0.3, -0.25) is 0 Å². The smallest absolute Gasteiger partial charge is 0.207 e. The molecule has 10 heteroatoms. The van der Waals surface area contributed by atoms with Crippen molar-refractivity contribution in [1.82, 2.24) is 24.9 Å². The summed E-state index contributed by atoms with van der Waals surface area (Å²) in [4.78, 5) is 0.160.